The van der Waals surface area contributed by atoms with Crippen LogP contribution in [-0.2, 0) is 28.6 Å². The second-order valence-electron chi connectivity index (χ2n) is 7.47. The van der Waals surface area contributed by atoms with Gasteiger partial charge in [0.1, 0.15) is 0 Å². The lowest BCUT2D eigenvalue weighted by Crippen LogP contribution is -2.24. The Hall–Kier alpha value is -0.820. The zero-order valence-electron chi connectivity index (χ0n) is 12.7. The van der Waals surface area contributed by atoms with Crippen LogP contribution in [0.5, 0.6) is 0 Å². The van der Waals surface area contributed by atoms with E-state index in [1.165, 1.54) is 22.3 Å². The van der Waals surface area contributed by atoms with Crippen LogP contribution in [0.3, 0.4) is 0 Å². The molecule has 0 bridgehead atoms. The van der Waals surface area contributed by atoms with Crippen molar-refractivity contribution in [2.24, 2.45) is 0 Å². The van der Waals surface area contributed by atoms with E-state index in [-0.39, 0.29) is 10.8 Å². The summed E-state index contributed by atoms with van der Waals surface area (Å²) in [6.07, 6.45) is 1.06. The minimum Gasteiger partial charge on any atom is -0.376 e. The molecule has 18 heavy (non-hydrogen) atoms. The van der Waals surface area contributed by atoms with E-state index in [4.69, 9.17) is 4.74 Å². The normalized spacial score (nSPS) is 16.6. The molecule has 0 aliphatic carbocycles. The molecule has 100 valence electrons. The van der Waals surface area contributed by atoms with Gasteiger partial charge in [0.15, 0.2) is 0 Å². The smallest absolute Gasteiger partial charge is 0.0719 e. The molecule has 0 amide bonds. The Bertz CT molecular complexity index is 401. The van der Waals surface area contributed by atoms with Gasteiger partial charge < -0.3 is 4.74 Å². The number of fused-ring (bicyclic) bond motifs is 1. The minimum atomic E-state index is 0.190. The monoisotopic (exact) mass is 246 g/mol. The molecule has 0 saturated carbocycles. The van der Waals surface area contributed by atoms with Crippen LogP contribution in [0.2, 0.25) is 0 Å². The largest absolute Gasteiger partial charge is 0.376 e. The highest BCUT2D eigenvalue weighted by Crippen LogP contribution is 2.36. The van der Waals surface area contributed by atoms with Crippen LogP contribution in [-0.4, -0.2) is 6.61 Å². The van der Waals surface area contributed by atoms with E-state index in [9.17, 15) is 0 Å². The van der Waals surface area contributed by atoms with Crippen molar-refractivity contribution in [3.05, 3.63) is 34.4 Å². The highest BCUT2D eigenvalue weighted by atomic mass is 16.5. The summed E-state index contributed by atoms with van der Waals surface area (Å²) >= 11 is 0. The quantitative estimate of drug-likeness (QED) is 0.661. The molecule has 2 rings (SSSR count). The predicted molar refractivity (Wildman–Crippen MR) is 77.2 cm³/mol. The van der Waals surface area contributed by atoms with Gasteiger partial charge in [0.05, 0.1) is 13.2 Å². The average molecular weight is 246 g/mol. The van der Waals surface area contributed by atoms with Gasteiger partial charge in [-0.3, -0.25) is 0 Å². The van der Waals surface area contributed by atoms with Crippen LogP contribution in [0.4, 0.5) is 0 Å². The first-order valence-corrected chi connectivity index (χ1v) is 6.94. The number of hydrogen-bond donors (Lipinski definition) is 0. The molecule has 0 fully saturated rings. The summed E-state index contributed by atoms with van der Waals surface area (Å²) in [5.74, 6) is 0. The second-order valence-corrected chi connectivity index (χ2v) is 7.47. The summed E-state index contributed by atoms with van der Waals surface area (Å²) in [4.78, 5) is 0. The molecule has 0 atom stereocenters. The van der Waals surface area contributed by atoms with Crippen LogP contribution >= 0.6 is 0 Å². The van der Waals surface area contributed by atoms with Gasteiger partial charge in [0.2, 0.25) is 0 Å². The summed E-state index contributed by atoms with van der Waals surface area (Å²) in [7, 11) is 0. The summed E-state index contributed by atoms with van der Waals surface area (Å²) in [6, 6.07) is 4.81. The van der Waals surface area contributed by atoms with Crippen LogP contribution in [0.25, 0.3) is 0 Å². The highest BCUT2D eigenvalue weighted by Gasteiger charge is 2.27. The Kier molecular flexibility index (Phi) is 3.31. The van der Waals surface area contributed by atoms with Gasteiger partial charge in [-0.1, -0.05) is 53.7 Å². The van der Waals surface area contributed by atoms with Crippen molar-refractivity contribution in [3.63, 3.8) is 0 Å². The standard InChI is InChI=1S/C17H26O/c1-16(2,3)14-9-12-7-8-18-11-13(12)10-15(14)17(4,5)6/h9-10H,7-8,11H2,1-6H3. The van der Waals surface area contributed by atoms with E-state index in [0.29, 0.717) is 0 Å². The van der Waals surface area contributed by atoms with Gasteiger partial charge >= 0.3 is 0 Å². The van der Waals surface area contributed by atoms with Crippen molar-refractivity contribution in [1.82, 2.24) is 0 Å². The molecule has 1 aromatic rings. The Morgan fingerprint density at radius 1 is 0.833 bits per heavy atom. The first-order chi connectivity index (χ1) is 8.19. The van der Waals surface area contributed by atoms with Gasteiger partial charge in [-0.2, -0.15) is 0 Å². The summed E-state index contributed by atoms with van der Waals surface area (Å²) in [6.45, 7) is 15.5. The molecule has 1 heteroatoms. The van der Waals surface area contributed by atoms with Crippen molar-refractivity contribution < 1.29 is 4.74 Å². The SMILES string of the molecule is CC(C)(C)c1cc2c(cc1C(C)(C)C)COCC2. The molecule has 0 radical (unpaired) electrons. The van der Waals surface area contributed by atoms with E-state index in [1.807, 2.05) is 0 Å². The molecule has 1 aromatic carbocycles. The number of hydrogen-bond acceptors (Lipinski definition) is 1. The maximum absolute atomic E-state index is 5.59. The van der Waals surface area contributed by atoms with Crippen molar-refractivity contribution in [1.29, 1.82) is 0 Å². The molecule has 1 aliphatic rings. The van der Waals surface area contributed by atoms with E-state index in [2.05, 4.69) is 53.7 Å². The molecule has 0 aromatic heterocycles. The first kappa shape index (κ1) is 13.6. The topological polar surface area (TPSA) is 9.23 Å². The Balaban J connectivity index is 2.63. The average Bonchev–Trinajstić information content (AvgIpc) is 2.25. The van der Waals surface area contributed by atoms with Gasteiger partial charge in [-0.05, 0) is 39.5 Å². The number of rotatable bonds is 0. The Morgan fingerprint density at radius 3 is 1.83 bits per heavy atom. The highest BCUT2D eigenvalue weighted by molar-refractivity contribution is 5.45. The first-order valence-electron chi connectivity index (χ1n) is 6.94. The molecular formula is C17H26O. The fourth-order valence-electron chi connectivity index (χ4n) is 2.66. The van der Waals surface area contributed by atoms with Gasteiger partial charge in [0.25, 0.3) is 0 Å². The van der Waals surface area contributed by atoms with Crippen LogP contribution in [0, 0.1) is 0 Å². The maximum Gasteiger partial charge on any atom is 0.0719 e. The lowest BCUT2D eigenvalue weighted by Gasteiger charge is -2.32. The zero-order chi connectivity index (χ0) is 13.6. The van der Waals surface area contributed by atoms with E-state index >= 15 is 0 Å². The van der Waals surface area contributed by atoms with E-state index < -0.39 is 0 Å². The predicted octanol–water partition coefficient (Wildman–Crippen LogP) is 4.35. The summed E-state index contributed by atoms with van der Waals surface area (Å²) in [5, 5.41) is 0. The minimum absolute atomic E-state index is 0.190. The zero-order valence-corrected chi connectivity index (χ0v) is 12.7. The molecule has 0 N–H and O–H groups in total. The van der Waals surface area contributed by atoms with Crippen molar-refractivity contribution in [2.45, 2.75) is 65.4 Å². The molecule has 1 aliphatic heterocycles. The Labute approximate surface area is 112 Å². The molecule has 1 nitrogen and oxygen atoms in total. The van der Waals surface area contributed by atoms with Crippen molar-refractivity contribution in [3.8, 4) is 0 Å². The van der Waals surface area contributed by atoms with Crippen molar-refractivity contribution in [2.75, 3.05) is 6.61 Å². The van der Waals surface area contributed by atoms with Gasteiger partial charge in [-0.15, -0.1) is 0 Å². The summed E-state index contributed by atoms with van der Waals surface area (Å²) < 4.78 is 5.59. The molecule has 0 spiro atoms. The molecule has 1 heterocycles. The van der Waals surface area contributed by atoms with Crippen molar-refractivity contribution >= 4 is 0 Å². The van der Waals surface area contributed by atoms with E-state index in [0.717, 1.165) is 19.6 Å². The molecule has 0 saturated heterocycles. The van der Waals surface area contributed by atoms with Crippen LogP contribution in [0.15, 0.2) is 12.1 Å². The summed E-state index contributed by atoms with van der Waals surface area (Å²) in [5.41, 5.74) is 6.23. The lowest BCUT2D eigenvalue weighted by molar-refractivity contribution is 0.110. The maximum atomic E-state index is 5.59. The fourth-order valence-corrected chi connectivity index (χ4v) is 2.66. The lowest BCUT2D eigenvalue weighted by atomic mass is 9.73. The fraction of sp³-hybridized carbons (Fsp3) is 0.647. The third-order valence-electron chi connectivity index (χ3n) is 3.73. The van der Waals surface area contributed by atoms with Crippen LogP contribution in [0.1, 0.15) is 63.8 Å². The number of ether oxygens (including phenoxy) is 1. The third-order valence-corrected chi connectivity index (χ3v) is 3.73. The second kappa shape index (κ2) is 4.38. The molecule has 0 unspecified atom stereocenters. The van der Waals surface area contributed by atoms with Crippen LogP contribution < -0.4 is 0 Å². The van der Waals surface area contributed by atoms with Gasteiger partial charge in [0, 0.05) is 0 Å². The van der Waals surface area contributed by atoms with E-state index in [1.54, 1.807) is 0 Å². The Morgan fingerprint density at radius 2 is 1.33 bits per heavy atom. The third kappa shape index (κ3) is 2.61. The molecular weight excluding hydrogens is 220 g/mol. The number of benzene rings is 1. The van der Waals surface area contributed by atoms with Gasteiger partial charge in [-0.25, -0.2) is 0 Å².